The Hall–Kier alpha value is -1.52. The molecule has 1 N–H and O–H groups in total. The topological polar surface area (TPSA) is 41.1 Å². The third-order valence-electron chi connectivity index (χ3n) is 5.65. The summed E-state index contributed by atoms with van der Waals surface area (Å²) in [6.07, 6.45) is 5.96. The number of aromatic amines is 1. The number of H-pyrrole nitrogens is 1. The fourth-order valence-electron chi connectivity index (χ4n) is 3.90. The first-order valence-electron chi connectivity index (χ1n) is 10.6. The summed E-state index contributed by atoms with van der Waals surface area (Å²) in [4.78, 5) is 10.6. The van der Waals surface area contributed by atoms with E-state index in [-0.39, 0.29) is 0 Å². The van der Waals surface area contributed by atoms with Crippen LogP contribution in [0, 0.1) is 18.8 Å². The average Bonchev–Trinajstić information content (AvgIpc) is 3.00. The van der Waals surface area contributed by atoms with Crippen molar-refractivity contribution in [2.75, 3.05) is 26.7 Å². The SMILES string of the molecule is Cc1[nH]c(-c2ccc(OCCCC3CCN(C)CC3)cc2Cl)nc1CC(C)C. The van der Waals surface area contributed by atoms with Crippen molar-refractivity contribution in [1.82, 2.24) is 14.9 Å². The lowest BCUT2D eigenvalue weighted by Gasteiger charge is -2.28. The van der Waals surface area contributed by atoms with Crippen LogP contribution >= 0.6 is 11.6 Å². The molecule has 0 atom stereocenters. The fraction of sp³-hybridized carbons (Fsp3) is 0.609. The van der Waals surface area contributed by atoms with Gasteiger partial charge < -0.3 is 14.6 Å². The van der Waals surface area contributed by atoms with Gasteiger partial charge in [-0.3, -0.25) is 0 Å². The maximum Gasteiger partial charge on any atom is 0.139 e. The molecule has 0 aliphatic carbocycles. The molecule has 1 aromatic heterocycles. The van der Waals surface area contributed by atoms with E-state index in [1.807, 2.05) is 18.2 Å². The van der Waals surface area contributed by atoms with E-state index in [4.69, 9.17) is 21.3 Å². The Kier molecular flexibility index (Phi) is 7.42. The highest BCUT2D eigenvalue weighted by Crippen LogP contribution is 2.31. The molecule has 1 saturated heterocycles. The van der Waals surface area contributed by atoms with Gasteiger partial charge in [0.1, 0.15) is 11.6 Å². The summed E-state index contributed by atoms with van der Waals surface area (Å²) < 4.78 is 5.95. The van der Waals surface area contributed by atoms with E-state index in [0.29, 0.717) is 10.9 Å². The lowest BCUT2D eigenvalue weighted by molar-refractivity contribution is 0.200. The predicted molar refractivity (Wildman–Crippen MR) is 117 cm³/mol. The third-order valence-corrected chi connectivity index (χ3v) is 5.96. The quantitative estimate of drug-likeness (QED) is 0.571. The van der Waals surface area contributed by atoms with E-state index in [2.05, 4.69) is 37.7 Å². The van der Waals surface area contributed by atoms with Gasteiger partial charge in [-0.1, -0.05) is 25.4 Å². The van der Waals surface area contributed by atoms with Gasteiger partial charge in [0.25, 0.3) is 0 Å². The van der Waals surface area contributed by atoms with E-state index in [1.165, 1.54) is 32.4 Å². The maximum absolute atomic E-state index is 6.53. The average molecular weight is 404 g/mol. The summed E-state index contributed by atoms with van der Waals surface area (Å²) in [7, 11) is 2.21. The monoisotopic (exact) mass is 403 g/mol. The molecule has 5 heteroatoms. The van der Waals surface area contributed by atoms with Crippen molar-refractivity contribution in [2.24, 2.45) is 11.8 Å². The molecule has 3 rings (SSSR count). The van der Waals surface area contributed by atoms with Gasteiger partial charge in [0, 0.05) is 11.3 Å². The normalized spacial score (nSPS) is 16.1. The van der Waals surface area contributed by atoms with Gasteiger partial charge in [0.05, 0.1) is 17.3 Å². The van der Waals surface area contributed by atoms with Crippen molar-refractivity contribution in [1.29, 1.82) is 0 Å². The van der Waals surface area contributed by atoms with Crippen LogP contribution < -0.4 is 4.74 Å². The first-order valence-corrected chi connectivity index (χ1v) is 11.0. The Balaban J connectivity index is 1.52. The van der Waals surface area contributed by atoms with Gasteiger partial charge in [-0.15, -0.1) is 0 Å². The summed E-state index contributed by atoms with van der Waals surface area (Å²) in [6.45, 7) is 9.70. The first-order chi connectivity index (χ1) is 13.4. The smallest absolute Gasteiger partial charge is 0.139 e. The van der Waals surface area contributed by atoms with Gasteiger partial charge in [-0.05, 0) is 89.2 Å². The van der Waals surface area contributed by atoms with Gasteiger partial charge in [0.2, 0.25) is 0 Å². The largest absolute Gasteiger partial charge is 0.494 e. The number of likely N-dealkylation sites (tertiary alicyclic amines) is 1. The van der Waals surface area contributed by atoms with Gasteiger partial charge in [0.15, 0.2) is 0 Å². The highest BCUT2D eigenvalue weighted by atomic mass is 35.5. The number of aryl methyl sites for hydroxylation is 1. The molecule has 0 saturated carbocycles. The van der Waals surface area contributed by atoms with Gasteiger partial charge in [-0.25, -0.2) is 4.98 Å². The number of rotatable bonds is 8. The first kappa shape index (κ1) is 21.2. The molecular formula is C23H34ClN3O. The number of nitrogens with one attached hydrogen (secondary N) is 1. The molecule has 0 spiro atoms. The highest BCUT2D eigenvalue weighted by molar-refractivity contribution is 6.33. The van der Waals surface area contributed by atoms with Crippen molar-refractivity contribution in [3.05, 3.63) is 34.6 Å². The molecule has 1 aliphatic rings. The molecule has 28 heavy (non-hydrogen) atoms. The second-order valence-electron chi connectivity index (χ2n) is 8.63. The number of ether oxygens (including phenoxy) is 1. The van der Waals surface area contributed by atoms with E-state index < -0.39 is 0 Å². The van der Waals surface area contributed by atoms with Crippen LogP contribution in [0.4, 0.5) is 0 Å². The Morgan fingerprint density at radius 3 is 2.71 bits per heavy atom. The molecule has 1 aromatic carbocycles. The van der Waals surface area contributed by atoms with Crippen molar-refractivity contribution in [2.45, 2.75) is 52.9 Å². The van der Waals surface area contributed by atoms with Crippen molar-refractivity contribution in [3.63, 3.8) is 0 Å². The molecule has 4 nitrogen and oxygen atoms in total. The van der Waals surface area contributed by atoms with Crippen molar-refractivity contribution >= 4 is 11.6 Å². The molecule has 154 valence electrons. The standard InChI is InChI=1S/C23H34ClN3O/c1-16(2)14-22-17(3)25-23(26-22)20-8-7-19(15-21(20)24)28-13-5-6-18-9-11-27(4)12-10-18/h7-8,15-16,18H,5-6,9-14H2,1-4H3,(H,25,26). The third kappa shape index (κ3) is 5.74. The molecule has 0 bridgehead atoms. The van der Waals surface area contributed by atoms with Crippen LogP contribution in [0.25, 0.3) is 11.4 Å². The lowest BCUT2D eigenvalue weighted by Crippen LogP contribution is -2.30. The van der Waals surface area contributed by atoms with Crippen molar-refractivity contribution in [3.8, 4) is 17.1 Å². The van der Waals surface area contributed by atoms with Crippen molar-refractivity contribution < 1.29 is 4.74 Å². The summed E-state index contributed by atoms with van der Waals surface area (Å²) in [5, 5.41) is 0.678. The van der Waals surface area contributed by atoms with Crippen LogP contribution in [0.15, 0.2) is 18.2 Å². The number of piperidine rings is 1. The number of halogens is 1. The minimum Gasteiger partial charge on any atom is -0.494 e. The molecule has 0 amide bonds. The van der Waals surface area contributed by atoms with Gasteiger partial charge >= 0.3 is 0 Å². The summed E-state index contributed by atoms with van der Waals surface area (Å²) >= 11 is 6.53. The predicted octanol–water partition coefficient (Wildman–Crippen LogP) is 5.74. The van der Waals surface area contributed by atoms with Crippen LogP contribution in [0.1, 0.15) is 50.9 Å². The second-order valence-corrected chi connectivity index (χ2v) is 9.04. The molecule has 1 fully saturated rings. The van der Waals surface area contributed by atoms with Crippen LogP contribution in [-0.4, -0.2) is 41.6 Å². The summed E-state index contributed by atoms with van der Waals surface area (Å²) in [5.41, 5.74) is 3.17. The van der Waals surface area contributed by atoms with Crippen LogP contribution in [0.2, 0.25) is 5.02 Å². The number of imidazole rings is 1. The molecule has 1 aliphatic heterocycles. The minimum absolute atomic E-state index is 0.579. The molecule has 0 radical (unpaired) electrons. The van der Waals surface area contributed by atoms with Crippen LogP contribution in [-0.2, 0) is 6.42 Å². The zero-order chi connectivity index (χ0) is 20.1. The second kappa shape index (κ2) is 9.80. The number of hydrogen-bond acceptors (Lipinski definition) is 3. The summed E-state index contributed by atoms with van der Waals surface area (Å²) in [6, 6.07) is 5.91. The Labute approximate surface area is 174 Å². The van der Waals surface area contributed by atoms with Crippen LogP contribution in [0.5, 0.6) is 5.75 Å². The number of aromatic nitrogens is 2. The van der Waals surface area contributed by atoms with E-state index in [9.17, 15) is 0 Å². The number of nitrogens with zero attached hydrogens (tertiary/aromatic N) is 2. The van der Waals surface area contributed by atoms with E-state index >= 15 is 0 Å². The van der Waals surface area contributed by atoms with E-state index in [1.54, 1.807) is 0 Å². The Morgan fingerprint density at radius 2 is 2.04 bits per heavy atom. The van der Waals surface area contributed by atoms with E-state index in [0.717, 1.165) is 53.9 Å². The zero-order valence-electron chi connectivity index (χ0n) is 17.7. The Morgan fingerprint density at radius 1 is 1.29 bits per heavy atom. The number of benzene rings is 1. The fourth-order valence-corrected chi connectivity index (χ4v) is 4.16. The van der Waals surface area contributed by atoms with Gasteiger partial charge in [-0.2, -0.15) is 0 Å². The number of hydrogen-bond donors (Lipinski definition) is 1. The molecule has 2 aromatic rings. The lowest BCUT2D eigenvalue weighted by atomic mass is 9.93. The Bertz CT molecular complexity index is 763. The molecule has 2 heterocycles. The minimum atomic E-state index is 0.579. The highest BCUT2D eigenvalue weighted by Gasteiger charge is 2.16. The summed E-state index contributed by atoms with van der Waals surface area (Å²) in [5.74, 6) is 3.11. The van der Waals surface area contributed by atoms with Crippen LogP contribution in [0.3, 0.4) is 0 Å². The zero-order valence-corrected chi connectivity index (χ0v) is 18.5. The maximum atomic E-state index is 6.53. The molecular weight excluding hydrogens is 370 g/mol. The molecule has 0 unspecified atom stereocenters.